The Kier molecular flexibility index (Phi) is 6.24. The molecule has 1 aromatic heterocycles. The van der Waals surface area contributed by atoms with Gasteiger partial charge in [0.25, 0.3) is 5.56 Å². The summed E-state index contributed by atoms with van der Waals surface area (Å²) in [6.07, 6.45) is 2.07. The fourth-order valence-electron chi connectivity index (χ4n) is 2.24. The van der Waals surface area contributed by atoms with Gasteiger partial charge in [0.2, 0.25) is 5.88 Å². The Hall–Kier alpha value is -2.74. The van der Waals surface area contributed by atoms with Gasteiger partial charge < -0.3 is 10.0 Å². The third kappa shape index (κ3) is 5.12. The third-order valence-corrected chi connectivity index (χ3v) is 3.57. The first-order chi connectivity index (χ1) is 11.9. The van der Waals surface area contributed by atoms with Crippen LogP contribution in [0.15, 0.2) is 38.8 Å². The standard InChI is InChI=1S/C17H21FN4O3/c1-21(2)9-3-8-19-10-14-15(23)20-17(25)22(16(14)24)11-12-4-6-13(18)7-5-12/h4-7,10,24H,3,8-9,11H2,1-2H3,(H,20,23,25). The Morgan fingerprint density at radius 2 is 1.96 bits per heavy atom. The van der Waals surface area contributed by atoms with Crippen molar-refractivity contribution in [3.63, 3.8) is 0 Å². The topological polar surface area (TPSA) is 90.7 Å². The van der Waals surface area contributed by atoms with E-state index in [4.69, 9.17) is 0 Å². The van der Waals surface area contributed by atoms with E-state index in [1.165, 1.54) is 30.5 Å². The summed E-state index contributed by atoms with van der Waals surface area (Å²) in [5.41, 5.74) is -0.905. The second-order valence-corrected chi connectivity index (χ2v) is 5.90. The highest BCUT2D eigenvalue weighted by molar-refractivity contribution is 5.81. The lowest BCUT2D eigenvalue weighted by Gasteiger charge is -2.10. The van der Waals surface area contributed by atoms with E-state index in [0.717, 1.165) is 17.5 Å². The number of aromatic hydroxyl groups is 1. The molecule has 134 valence electrons. The van der Waals surface area contributed by atoms with Gasteiger partial charge in [-0.1, -0.05) is 12.1 Å². The van der Waals surface area contributed by atoms with Gasteiger partial charge >= 0.3 is 5.69 Å². The lowest BCUT2D eigenvalue weighted by molar-refractivity contribution is 0.403. The SMILES string of the molecule is CN(C)CCCN=Cc1c(O)n(Cc2ccc(F)cc2)c(=O)[nH]c1=O. The van der Waals surface area contributed by atoms with Crippen LogP contribution in [0.25, 0.3) is 0 Å². The number of nitrogens with zero attached hydrogens (tertiary/aromatic N) is 3. The molecule has 0 bridgehead atoms. The molecule has 2 aromatic rings. The van der Waals surface area contributed by atoms with Gasteiger partial charge in [-0.25, -0.2) is 9.18 Å². The number of aliphatic imine (C=N–C) groups is 1. The van der Waals surface area contributed by atoms with E-state index in [1.807, 2.05) is 19.0 Å². The number of H-pyrrole nitrogens is 1. The highest BCUT2D eigenvalue weighted by Gasteiger charge is 2.13. The average Bonchev–Trinajstić information content (AvgIpc) is 2.55. The van der Waals surface area contributed by atoms with Crippen molar-refractivity contribution in [2.24, 2.45) is 4.99 Å². The number of rotatable bonds is 7. The van der Waals surface area contributed by atoms with Crippen molar-refractivity contribution in [3.05, 3.63) is 62.0 Å². The predicted octanol–water partition coefficient (Wildman–Crippen LogP) is 0.800. The van der Waals surface area contributed by atoms with Crippen LogP contribution in [-0.2, 0) is 6.54 Å². The Bertz CT molecular complexity index is 854. The molecule has 0 fully saturated rings. The second-order valence-electron chi connectivity index (χ2n) is 5.90. The van der Waals surface area contributed by atoms with Crippen molar-refractivity contribution < 1.29 is 9.50 Å². The van der Waals surface area contributed by atoms with Crippen molar-refractivity contribution in [2.75, 3.05) is 27.2 Å². The number of aromatic amines is 1. The smallest absolute Gasteiger partial charge is 0.331 e. The maximum Gasteiger partial charge on any atom is 0.331 e. The van der Waals surface area contributed by atoms with E-state index < -0.39 is 22.9 Å². The average molecular weight is 348 g/mol. The highest BCUT2D eigenvalue weighted by Crippen LogP contribution is 2.11. The summed E-state index contributed by atoms with van der Waals surface area (Å²) in [5, 5.41) is 10.3. The summed E-state index contributed by atoms with van der Waals surface area (Å²) in [4.78, 5) is 32.2. The van der Waals surface area contributed by atoms with E-state index >= 15 is 0 Å². The zero-order chi connectivity index (χ0) is 18.4. The molecule has 7 nitrogen and oxygen atoms in total. The molecule has 0 atom stereocenters. The highest BCUT2D eigenvalue weighted by atomic mass is 19.1. The number of hydrogen-bond donors (Lipinski definition) is 2. The zero-order valence-corrected chi connectivity index (χ0v) is 14.2. The molecule has 0 amide bonds. The maximum absolute atomic E-state index is 13.0. The van der Waals surface area contributed by atoms with Gasteiger partial charge in [-0.2, -0.15) is 0 Å². The van der Waals surface area contributed by atoms with Crippen molar-refractivity contribution in [1.29, 1.82) is 0 Å². The van der Waals surface area contributed by atoms with Crippen LogP contribution >= 0.6 is 0 Å². The zero-order valence-electron chi connectivity index (χ0n) is 14.2. The van der Waals surface area contributed by atoms with Gasteiger partial charge in [-0.15, -0.1) is 0 Å². The molecule has 0 aliphatic carbocycles. The first-order valence-electron chi connectivity index (χ1n) is 7.83. The van der Waals surface area contributed by atoms with E-state index in [-0.39, 0.29) is 12.1 Å². The Morgan fingerprint density at radius 3 is 2.60 bits per heavy atom. The largest absolute Gasteiger partial charge is 0.494 e. The van der Waals surface area contributed by atoms with Crippen LogP contribution in [0.4, 0.5) is 4.39 Å². The second kappa shape index (κ2) is 8.39. The summed E-state index contributed by atoms with van der Waals surface area (Å²) in [7, 11) is 3.90. The maximum atomic E-state index is 13.0. The molecular weight excluding hydrogens is 327 g/mol. The van der Waals surface area contributed by atoms with Crippen LogP contribution in [0.3, 0.4) is 0 Å². The Balaban J connectivity index is 2.24. The van der Waals surface area contributed by atoms with E-state index in [9.17, 15) is 19.1 Å². The lowest BCUT2D eigenvalue weighted by Crippen LogP contribution is -2.32. The fourth-order valence-corrected chi connectivity index (χ4v) is 2.24. The molecule has 8 heteroatoms. The predicted molar refractivity (Wildman–Crippen MR) is 94.1 cm³/mol. The van der Waals surface area contributed by atoms with Crippen molar-refractivity contribution >= 4 is 6.21 Å². The first-order valence-corrected chi connectivity index (χ1v) is 7.83. The molecule has 0 aliphatic rings. The molecule has 0 aliphatic heterocycles. The van der Waals surface area contributed by atoms with E-state index in [0.29, 0.717) is 12.1 Å². The molecule has 0 saturated carbocycles. The normalized spacial score (nSPS) is 11.5. The minimum absolute atomic E-state index is 0.00317. The summed E-state index contributed by atoms with van der Waals surface area (Å²) in [6.45, 7) is 1.35. The van der Waals surface area contributed by atoms with E-state index in [2.05, 4.69) is 9.98 Å². The minimum atomic E-state index is -0.739. The summed E-state index contributed by atoms with van der Waals surface area (Å²) in [6, 6.07) is 5.52. The molecule has 0 radical (unpaired) electrons. The van der Waals surface area contributed by atoms with Crippen molar-refractivity contribution in [3.8, 4) is 5.88 Å². The van der Waals surface area contributed by atoms with Crippen LogP contribution in [0, 0.1) is 5.82 Å². The van der Waals surface area contributed by atoms with Gasteiger partial charge in [-0.05, 0) is 44.8 Å². The fraction of sp³-hybridized carbons (Fsp3) is 0.353. The Morgan fingerprint density at radius 1 is 1.28 bits per heavy atom. The molecule has 0 saturated heterocycles. The molecule has 25 heavy (non-hydrogen) atoms. The first kappa shape index (κ1) is 18.6. The summed E-state index contributed by atoms with van der Waals surface area (Å²) in [5.74, 6) is -0.859. The van der Waals surface area contributed by atoms with Crippen LogP contribution < -0.4 is 11.2 Å². The number of halogens is 1. The van der Waals surface area contributed by atoms with Gasteiger partial charge in [0.15, 0.2) is 0 Å². The molecule has 1 aromatic carbocycles. The van der Waals surface area contributed by atoms with Crippen LogP contribution in [0.2, 0.25) is 0 Å². The van der Waals surface area contributed by atoms with Crippen molar-refractivity contribution in [2.45, 2.75) is 13.0 Å². The number of nitrogens with one attached hydrogen (secondary N) is 1. The van der Waals surface area contributed by atoms with Crippen LogP contribution in [0.5, 0.6) is 5.88 Å². The molecule has 2 N–H and O–H groups in total. The number of benzene rings is 1. The van der Waals surface area contributed by atoms with Crippen molar-refractivity contribution in [1.82, 2.24) is 14.5 Å². The van der Waals surface area contributed by atoms with Crippen LogP contribution in [0.1, 0.15) is 17.5 Å². The van der Waals surface area contributed by atoms with Gasteiger partial charge in [0, 0.05) is 12.8 Å². The monoisotopic (exact) mass is 348 g/mol. The number of hydrogen-bond acceptors (Lipinski definition) is 5. The lowest BCUT2D eigenvalue weighted by atomic mass is 10.2. The van der Waals surface area contributed by atoms with Gasteiger partial charge in [-0.3, -0.25) is 19.3 Å². The molecule has 2 rings (SSSR count). The van der Waals surface area contributed by atoms with Crippen LogP contribution in [-0.4, -0.2) is 53.0 Å². The Labute approximate surface area is 144 Å². The third-order valence-electron chi connectivity index (χ3n) is 3.57. The quantitative estimate of drug-likeness (QED) is 0.572. The summed E-state index contributed by atoms with van der Waals surface area (Å²) >= 11 is 0. The molecule has 1 heterocycles. The van der Waals surface area contributed by atoms with E-state index in [1.54, 1.807) is 0 Å². The number of aromatic nitrogens is 2. The van der Waals surface area contributed by atoms with Gasteiger partial charge in [0.1, 0.15) is 11.4 Å². The molecule has 0 spiro atoms. The van der Waals surface area contributed by atoms with Gasteiger partial charge in [0.05, 0.1) is 6.54 Å². The molecular formula is C17H21FN4O3. The minimum Gasteiger partial charge on any atom is -0.494 e. The summed E-state index contributed by atoms with van der Waals surface area (Å²) < 4.78 is 14.0. The molecule has 0 unspecified atom stereocenters.